The number of H-pyrrole nitrogens is 1. The number of nitrogens with one attached hydrogen (secondary N) is 2. The number of benzene rings is 2. The smallest absolute Gasteiger partial charge is 0.345 e. The zero-order chi connectivity index (χ0) is 23.1. The van der Waals surface area contributed by atoms with Crippen LogP contribution in [0.1, 0.15) is 21.5 Å². The number of pyridine rings is 1. The van der Waals surface area contributed by atoms with E-state index in [-0.39, 0.29) is 16.1 Å². The number of rotatable bonds is 5. The van der Waals surface area contributed by atoms with Gasteiger partial charge in [0, 0.05) is 34.6 Å². The van der Waals surface area contributed by atoms with Crippen LogP contribution in [0.3, 0.4) is 0 Å². The van der Waals surface area contributed by atoms with Gasteiger partial charge in [0.25, 0.3) is 10.0 Å². The van der Waals surface area contributed by atoms with Crippen LogP contribution in [-0.4, -0.2) is 24.2 Å². The van der Waals surface area contributed by atoms with Crippen LogP contribution in [-0.2, 0) is 16.2 Å². The molecule has 2 heterocycles. The standard InChI is InChI=1S/C21H13ClF3N3O3S/c22-14-9-17-18(11-27-20(17)26-10-14)19(29)12-2-1-3-15(8-12)28-32(30,31)16-6-4-13(5-7-16)21(23,24)25/h1-11,28H,(H,26,27). The molecule has 0 bridgehead atoms. The van der Waals surface area contributed by atoms with E-state index in [4.69, 9.17) is 11.6 Å². The van der Waals surface area contributed by atoms with Gasteiger partial charge in [0.1, 0.15) is 5.65 Å². The molecule has 0 aliphatic heterocycles. The zero-order valence-corrected chi connectivity index (χ0v) is 17.5. The topological polar surface area (TPSA) is 91.9 Å². The molecule has 0 aliphatic carbocycles. The highest BCUT2D eigenvalue weighted by molar-refractivity contribution is 7.92. The molecule has 0 unspecified atom stereocenters. The van der Waals surface area contributed by atoms with Gasteiger partial charge >= 0.3 is 6.18 Å². The molecule has 0 fully saturated rings. The minimum Gasteiger partial charge on any atom is -0.345 e. The maximum atomic E-state index is 13.0. The Balaban J connectivity index is 1.61. The number of nitrogens with zero attached hydrogens (tertiary/aromatic N) is 1. The number of fused-ring (bicyclic) bond motifs is 1. The van der Waals surface area contributed by atoms with E-state index in [2.05, 4.69) is 14.7 Å². The first kappa shape index (κ1) is 21.8. The van der Waals surface area contributed by atoms with Gasteiger partial charge in [-0.15, -0.1) is 0 Å². The summed E-state index contributed by atoms with van der Waals surface area (Å²) >= 11 is 5.96. The maximum Gasteiger partial charge on any atom is 0.416 e. The normalized spacial score (nSPS) is 12.1. The Kier molecular flexibility index (Phi) is 5.43. The first-order valence-electron chi connectivity index (χ1n) is 9.02. The van der Waals surface area contributed by atoms with E-state index in [0.717, 1.165) is 12.1 Å². The number of alkyl halides is 3. The van der Waals surface area contributed by atoms with Crippen molar-refractivity contribution in [3.05, 3.63) is 88.7 Å². The van der Waals surface area contributed by atoms with E-state index >= 15 is 0 Å². The highest BCUT2D eigenvalue weighted by Gasteiger charge is 2.30. The molecule has 0 saturated carbocycles. The molecule has 0 spiro atoms. The number of sulfonamides is 1. The molecular weight excluding hydrogens is 467 g/mol. The number of carbonyl (C=O) groups is 1. The summed E-state index contributed by atoms with van der Waals surface area (Å²) < 4.78 is 65.6. The second-order valence-electron chi connectivity index (χ2n) is 6.79. The summed E-state index contributed by atoms with van der Waals surface area (Å²) in [6, 6.07) is 10.4. The Hall–Kier alpha value is -3.37. The summed E-state index contributed by atoms with van der Waals surface area (Å²) in [5, 5.41) is 0.863. The molecule has 4 rings (SSSR count). The van der Waals surface area contributed by atoms with E-state index in [9.17, 15) is 26.4 Å². The van der Waals surface area contributed by atoms with Crippen molar-refractivity contribution in [1.82, 2.24) is 9.97 Å². The molecule has 6 nitrogen and oxygen atoms in total. The molecule has 32 heavy (non-hydrogen) atoms. The van der Waals surface area contributed by atoms with Gasteiger partial charge in [0.05, 0.1) is 15.5 Å². The first-order valence-corrected chi connectivity index (χ1v) is 10.9. The van der Waals surface area contributed by atoms with Gasteiger partial charge in [0.15, 0.2) is 5.78 Å². The van der Waals surface area contributed by atoms with Gasteiger partial charge in [0.2, 0.25) is 0 Å². The van der Waals surface area contributed by atoms with Crippen molar-refractivity contribution in [2.45, 2.75) is 11.1 Å². The van der Waals surface area contributed by atoms with Crippen LogP contribution in [0.25, 0.3) is 11.0 Å². The molecule has 11 heteroatoms. The summed E-state index contributed by atoms with van der Waals surface area (Å²) in [6.45, 7) is 0. The van der Waals surface area contributed by atoms with Gasteiger partial charge in [-0.1, -0.05) is 23.7 Å². The molecule has 164 valence electrons. The zero-order valence-electron chi connectivity index (χ0n) is 15.9. The van der Waals surface area contributed by atoms with Crippen molar-refractivity contribution in [3.8, 4) is 0 Å². The lowest BCUT2D eigenvalue weighted by Crippen LogP contribution is -2.14. The second kappa shape index (κ2) is 7.95. The Morgan fingerprint density at radius 2 is 1.78 bits per heavy atom. The highest BCUT2D eigenvalue weighted by Crippen LogP contribution is 2.30. The van der Waals surface area contributed by atoms with Crippen LogP contribution >= 0.6 is 11.6 Å². The molecule has 0 aliphatic rings. The van der Waals surface area contributed by atoms with E-state index < -0.39 is 27.5 Å². The van der Waals surface area contributed by atoms with Crippen molar-refractivity contribution in [3.63, 3.8) is 0 Å². The fourth-order valence-electron chi connectivity index (χ4n) is 3.08. The van der Waals surface area contributed by atoms with Crippen LogP contribution in [0.5, 0.6) is 0 Å². The van der Waals surface area contributed by atoms with Crippen molar-refractivity contribution >= 4 is 44.1 Å². The third-order valence-electron chi connectivity index (χ3n) is 4.61. The molecule has 2 aromatic carbocycles. The monoisotopic (exact) mass is 479 g/mol. The van der Waals surface area contributed by atoms with Crippen molar-refractivity contribution in [2.24, 2.45) is 0 Å². The van der Waals surface area contributed by atoms with Crippen LogP contribution in [0.2, 0.25) is 5.02 Å². The Morgan fingerprint density at radius 3 is 2.47 bits per heavy atom. The summed E-state index contributed by atoms with van der Waals surface area (Å²) in [5.41, 5.74) is 0.0808. The van der Waals surface area contributed by atoms with Crippen molar-refractivity contribution < 1.29 is 26.4 Å². The van der Waals surface area contributed by atoms with E-state index in [1.807, 2.05) is 0 Å². The van der Waals surface area contributed by atoms with Gasteiger partial charge < -0.3 is 4.98 Å². The minimum absolute atomic E-state index is 0.0757. The Bertz CT molecular complexity index is 1430. The van der Waals surface area contributed by atoms with Crippen LogP contribution in [0.4, 0.5) is 18.9 Å². The molecule has 0 atom stereocenters. The first-order chi connectivity index (χ1) is 15.0. The molecule has 0 amide bonds. The predicted molar refractivity (Wildman–Crippen MR) is 113 cm³/mol. The fraction of sp³-hybridized carbons (Fsp3) is 0.0476. The quantitative estimate of drug-likeness (QED) is 0.382. The number of ketones is 1. The minimum atomic E-state index is -4.58. The molecule has 0 radical (unpaired) electrons. The van der Waals surface area contributed by atoms with Crippen LogP contribution < -0.4 is 4.72 Å². The summed E-state index contributed by atoms with van der Waals surface area (Å²) in [4.78, 5) is 19.6. The molecule has 2 aromatic heterocycles. The number of hydrogen-bond acceptors (Lipinski definition) is 4. The predicted octanol–water partition coefficient (Wildman–Crippen LogP) is 5.27. The van der Waals surface area contributed by atoms with Crippen molar-refractivity contribution in [2.75, 3.05) is 4.72 Å². The van der Waals surface area contributed by atoms with Crippen molar-refractivity contribution in [1.29, 1.82) is 0 Å². The van der Waals surface area contributed by atoms with Crippen LogP contribution in [0.15, 0.2) is 71.9 Å². The Labute approximate surface area is 185 Å². The maximum absolute atomic E-state index is 13.0. The number of aromatic amines is 1. The lowest BCUT2D eigenvalue weighted by Gasteiger charge is -2.11. The number of hydrogen-bond donors (Lipinski definition) is 2. The second-order valence-corrected chi connectivity index (χ2v) is 8.91. The average Bonchev–Trinajstić information content (AvgIpc) is 3.15. The van der Waals surface area contributed by atoms with E-state index in [1.165, 1.54) is 36.7 Å². The highest BCUT2D eigenvalue weighted by atomic mass is 35.5. The van der Waals surface area contributed by atoms with E-state index in [0.29, 0.717) is 33.8 Å². The van der Waals surface area contributed by atoms with Gasteiger partial charge in [-0.3, -0.25) is 9.52 Å². The molecular formula is C21H13ClF3N3O3S. The SMILES string of the molecule is O=C(c1cccc(NS(=O)(=O)c2ccc(C(F)(F)F)cc2)c1)c1c[nH]c2ncc(Cl)cc12. The lowest BCUT2D eigenvalue weighted by atomic mass is 10.0. The number of anilines is 1. The Morgan fingerprint density at radius 1 is 1.06 bits per heavy atom. The molecule has 2 N–H and O–H groups in total. The average molecular weight is 480 g/mol. The van der Waals surface area contributed by atoms with Gasteiger partial charge in [-0.25, -0.2) is 13.4 Å². The lowest BCUT2D eigenvalue weighted by molar-refractivity contribution is -0.137. The third kappa shape index (κ3) is 4.32. The number of halogens is 4. The fourth-order valence-corrected chi connectivity index (χ4v) is 4.29. The third-order valence-corrected chi connectivity index (χ3v) is 6.22. The van der Waals surface area contributed by atoms with Gasteiger partial charge in [-0.2, -0.15) is 13.2 Å². The summed E-state index contributed by atoms with van der Waals surface area (Å²) in [7, 11) is -4.17. The van der Waals surface area contributed by atoms with Gasteiger partial charge in [-0.05, 0) is 42.5 Å². The number of aromatic nitrogens is 2. The number of carbonyl (C=O) groups excluding carboxylic acids is 1. The van der Waals surface area contributed by atoms with E-state index in [1.54, 1.807) is 6.07 Å². The summed E-state index contributed by atoms with van der Waals surface area (Å²) in [5.74, 6) is -0.393. The molecule has 4 aromatic rings. The summed E-state index contributed by atoms with van der Waals surface area (Å²) in [6.07, 6.45) is -1.66. The molecule has 0 saturated heterocycles. The van der Waals surface area contributed by atoms with Crippen LogP contribution in [0, 0.1) is 0 Å². The largest absolute Gasteiger partial charge is 0.416 e.